The number of benzene rings is 2. The second-order valence-electron chi connectivity index (χ2n) is 12.0. The Labute approximate surface area is 247 Å². The van der Waals surface area contributed by atoms with Gasteiger partial charge < -0.3 is 10.6 Å². The van der Waals surface area contributed by atoms with Crippen LogP contribution in [0.1, 0.15) is 71.0 Å². The van der Waals surface area contributed by atoms with Crippen LogP contribution in [0.4, 0.5) is 11.4 Å². The highest BCUT2D eigenvalue weighted by atomic mass is 35.5. The van der Waals surface area contributed by atoms with Crippen molar-refractivity contribution in [3.8, 4) is 17.3 Å². The van der Waals surface area contributed by atoms with Gasteiger partial charge in [-0.25, -0.2) is 4.68 Å². The molecule has 3 heterocycles. The van der Waals surface area contributed by atoms with E-state index >= 15 is 0 Å². The number of aromatic nitrogens is 4. The van der Waals surface area contributed by atoms with E-state index in [0.717, 1.165) is 65.9 Å². The predicted octanol–water partition coefficient (Wildman–Crippen LogP) is 7.28. The number of nitrogens with zero attached hydrogens (tertiary/aromatic N) is 6. The quantitative estimate of drug-likeness (QED) is 0.230. The van der Waals surface area contributed by atoms with Crippen molar-refractivity contribution >= 4 is 33.9 Å². The van der Waals surface area contributed by atoms with Gasteiger partial charge in [0, 0.05) is 54.0 Å². The van der Waals surface area contributed by atoms with Crippen LogP contribution in [0.15, 0.2) is 48.8 Å². The van der Waals surface area contributed by atoms with Gasteiger partial charge in [-0.05, 0) is 64.7 Å². The Bertz CT molecular complexity index is 1540. The molecule has 8 nitrogen and oxygen atoms in total. The first-order valence-electron chi connectivity index (χ1n) is 14.4. The molecule has 1 aliphatic rings. The minimum Gasteiger partial charge on any atom is -0.381 e. The second kappa shape index (κ2) is 12.1. The molecule has 9 heteroatoms. The third-order valence-electron chi connectivity index (χ3n) is 8.09. The van der Waals surface area contributed by atoms with E-state index in [9.17, 15) is 5.26 Å². The Morgan fingerprint density at radius 1 is 1.15 bits per heavy atom. The molecule has 2 aromatic carbocycles. The molecule has 4 aromatic rings. The first-order chi connectivity index (χ1) is 19.7. The largest absolute Gasteiger partial charge is 0.381 e. The minimum atomic E-state index is 0.210. The number of hydrogen-bond acceptors (Lipinski definition) is 7. The lowest BCUT2D eigenvalue weighted by Gasteiger charge is -2.40. The van der Waals surface area contributed by atoms with Gasteiger partial charge in [0.25, 0.3) is 0 Å². The Kier molecular flexibility index (Phi) is 8.48. The van der Waals surface area contributed by atoms with Gasteiger partial charge >= 0.3 is 0 Å². The summed E-state index contributed by atoms with van der Waals surface area (Å²) in [6, 6.07) is 15.2. The summed E-state index contributed by atoms with van der Waals surface area (Å²) in [6.45, 7) is 13.8. The van der Waals surface area contributed by atoms with E-state index < -0.39 is 0 Å². The van der Waals surface area contributed by atoms with Crippen molar-refractivity contribution in [2.24, 2.45) is 0 Å². The van der Waals surface area contributed by atoms with Crippen molar-refractivity contribution in [3.63, 3.8) is 0 Å². The fourth-order valence-corrected chi connectivity index (χ4v) is 5.60. The van der Waals surface area contributed by atoms with Crippen LogP contribution >= 0.6 is 11.6 Å². The van der Waals surface area contributed by atoms with Crippen molar-refractivity contribution in [1.82, 2.24) is 24.9 Å². The fraction of sp³-hybridized carbons (Fsp3) is 0.438. The van der Waals surface area contributed by atoms with Crippen molar-refractivity contribution in [2.75, 3.05) is 23.7 Å². The summed E-state index contributed by atoms with van der Waals surface area (Å²) in [4.78, 5) is 7.00. The molecule has 1 aliphatic heterocycles. The molecule has 1 saturated heterocycles. The summed E-state index contributed by atoms with van der Waals surface area (Å²) in [5.74, 6) is 0. The molecular formula is C32H39ClN8. The van der Waals surface area contributed by atoms with E-state index in [2.05, 4.69) is 102 Å². The number of hydrogen-bond donors (Lipinski definition) is 2. The van der Waals surface area contributed by atoms with Gasteiger partial charge in [-0.1, -0.05) is 48.0 Å². The van der Waals surface area contributed by atoms with Gasteiger partial charge in [0.1, 0.15) is 11.8 Å². The zero-order valence-electron chi connectivity index (χ0n) is 24.6. The standard InChI is InChI=1S/C32H39ClN8/c1-6-21(2)37-30-24(17-34)19-36-31-27(30)15-25(16-28(31)33)35-18-22-7-9-23(10-8-22)29-20-41(39-38-29)26-11-13-40(14-12-26)32(3,4)5/h7-10,15-16,19-21,26,35H,6,11-14,18H2,1-5H3,(H,36,37)/t21-/m1/s1. The number of likely N-dealkylation sites (tertiary alicyclic amines) is 1. The van der Waals surface area contributed by atoms with Crippen LogP contribution in [0, 0.1) is 11.3 Å². The van der Waals surface area contributed by atoms with Gasteiger partial charge in [-0.2, -0.15) is 5.26 Å². The van der Waals surface area contributed by atoms with Crippen LogP contribution in [0.25, 0.3) is 22.2 Å². The summed E-state index contributed by atoms with van der Waals surface area (Å²) >= 11 is 6.63. The van der Waals surface area contributed by atoms with Crippen LogP contribution in [0.3, 0.4) is 0 Å². The fourth-order valence-electron chi connectivity index (χ4n) is 5.34. The van der Waals surface area contributed by atoms with Crippen molar-refractivity contribution in [3.05, 3.63) is 64.9 Å². The van der Waals surface area contributed by atoms with Crippen LogP contribution in [0.5, 0.6) is 0 Å². The SMILES string of the molecule is CC[C@@H](C)Nc1c(C#N)cnc2c(Cl)cc(NCc3ccc(-c4cn(C5CCN(C(C)(C)C)CC5)nn4)cc3)cc12. The lowest BCUT2D eigenvalue weighted by Crippen LogP contribution is -2.46. The van der Waals surface area contributed by atoms with Crippen molar-refractivity contribution < 1.29 is 0 Å². The molecule has 214 valence electrons. The lowest BCUT2D eigenvalue weighted by atomic mass is 9.98. The monoisotopic (exact) mass is 570 g/mol. The molecule has 2 N–H and O–H groups in total. The number of fused-ring (bicyclic) bond motifs is 1. The van der Waals surface area contributed by atoms with Crippen molar-refractivity contribution in [1.29, 1.82) is 5.26 Å². The van der Waals surface area contributed by atoms with Crippen LogP contribution in [0.2, 0.25) is 5.02 Å². The summed E-state index contributed by atoms with van der Waals surface area (Å²) in [5.41, 5.74) is 6.12. The molecule has 0 saturated carbocycles. The Morgan fingerprint density at radius 2 is 1.88 bits per heavy atom. The van der Waals surface area contributed by atoms with E-state index in [1.54, 1.807) is 6.20 Å². The summed E-state index contributed by atoms with van der Waals surface area (Å²) in [6.07, 6.45) is 6.78. The first-order valence-corrected chi connectivity index (χ1v) is 14.8. The molecule has 5 rings (SSSR count). The molecule has 0 spiro atoms. The number of nitrogens with one attached hydrogen (secondary N) is 2. The van der Waals surface area contributed by atoms with Gasteiger partial charge in [0.15, 0.2) is 0 Å². The number of halogens is 1. The molecule has 1 fully saturated rings. The molecule has 41 heavy (non-hydrogen) atoms. The predicted molar refractivity (Wildman–Crippen MR) is 167 cm³/mol. The van der Waals surface area contributed by atoms with Gasteiger partial charge in [0.05, 0.1) is 34.0 Å². The minimum absolute atomic E-state index is 0.210. The van der Waals surface area contributed by atoms with Crippen LogP contribution in [-0.4, -0.2) is 49.5 Å². The van der Waals surface area contributed by atoms with E-state index in [1.165, 1.54) is 0 Å². The maximum absolute atomic E-state index is 9.67. The highest BCUT2D eigenvalue weighted by molar-refractivity contribution is 6.35. The topological polar surface area (TPSA) is 94.7 Å². The maximum Gasteiger partial charge on any atom is 0.113 e. The summed E-state index contributed by atoms with van der Waals surface area (Å²) < 4.78 is 2.05. The molecule has 0 bridgehead atoms. The average molecular weight is 571 g/mol. The molecule has 0 amide bonds. The smallest absolute Gasteiger partial charge is 0.113 e. The summed E-state index contributed by atoms with van der Waals surface area (Å²) in [7, 11) is 0. The Balaban J connectivity index is 1.26. The second-order valence-corrected chi connectivity index (χ2v) is 12.4. The number of piperidine rings is 1. The first kappa shape index (κ1) is 28.8. The zero-order valence-corrected chi connectivity index (χ0v) is 25.3. The molecule has 0 aliphatic carbocycles. The molecule has 1 atom stereocenters. The zero-order chi connectivity index (χ0) is 29.1. The van der Waals surface area contributed by atoms with Gasteiger partial charge in [-0.3, -0.25) is 9.88 Å². The average Bonchev–Trinajstić information content (AvgIpc) is 3.47. The Hall–Kier alpha value is -3.67. The third kappa shape index (κ3) is 6.47. The number of nitriles is 1. The lowest BCUT2D eigenvalue weighted by molar-refractivity contribution is 0.0866. The normalized spacial score (nSPS) is 15.5. The number of anilines is 2. The van der Waals surface area contributed by atoms with E-state index in [4.69, 9.17) is 11.6 Å². The number of pyridine rings is 1. The maximum atomic E-state index is 9.67. The van der Waals surface area contributed by atoms with E-state index in [1.807, 2.05) is 16.8 Å². The summed E-state index contributed by atoms with van der Waals surface area (Å²) in [5, 5.41) is 27.0. The van der Waals surface area contributed by atoms with Crippen molar-refractivity contribution in [2.45, 2.75) is 78.0 Å². The van der Waals surface area contributed by atoms with Gasteiger partial charge in [0.2, 0.25) is 0 Å². The van der Waals surface area contributed by atoms with Crippen LogP contribution < -0.4 is 10.6 Å². The highest BCUT2D eigenvalue weighted by Crippen LogP contribution is 2.34. The highest BCUT2D eigenvalue weighted by Gasteiger charge is 2.28. The molecule has 0 unspecified atom stereocenters. The van der Waals surface area contributed by atoms with E-state index in [-0.39, 0.29) is 11.6 Å². The van der Waals surface area contributed by atoms with Gasteiger partial charge in [-0.15, -0.1) is 5.10 Å². The molecule has 2 aromatic heterocycles. The molecular weight excluding hydrogens is 532 g/mol. The molecule has 0 radical (unpaired) electrons. The van der Waals surface area contributed by atoms with E-state index in [0.29, 0.717) is 28.7 Å². The number of rotatable bonds is 8. The Morgan fingerprint density at radius 3 is 2.54 bits per heavy atom. The van der Waals surface area contributed by atoms with Crippen LogP contribution in [-0.2, 0) is 6.54 Å². The third-order valence-corrected chi connectivity index (χ3v) is 8.38.